The first-order chi connectivity index (χ1) is 7.97. The Morgan fingerprint density at radius 2 is 2.29 bits per heavy atom. The summed E-state index contributed by atoms with van der Waals surface area (Å²) in [4.78, 5) is 20.3. The zero-order valence-electron chi connectivity index (χ0n) is 8.34. The fourth-order valence-electron chi connectivity index (χ4n) is 1.08. The monoisotopic (exact) mass is 239 g/mol. The summed E-state index contributed by atoms with van der Waals surface area (Å²) < 4.78 is 18.0. The predicted octanol–water partition coefficient (Wildman–Crippen LogP) is 1.44. The number of hydrogen-bond acceptors (Lipinski definition) is 4. The number of aromatic carboxylic acids is 1. The molecule has 0 aliphatic heterocycles. The molecule has 1 rings (SSSR count). The van der Waals surface area contributed by atoms with Crippen molar-refractivity contribution in [2.24, 2.45) is 0 Å². The number of rotatable bonds is 4. The Morgan fingerprint density at radius 3 is 2.76 bits per heavy atom. The maximum Gasteiger partial charge on any atom is 0.338 e. The molecule has 0 aliphatic rings. The Morgan fingerprint density at radius 1 is 1.65 bits per heavy atom. The van der Waals surface area contributed by atoms with Crippen molar-refractivity contribution in [3.63, 3.8) is 0 Å². The van der Waals surface area contributed by atoms with E-state index in [1.54, 1.807) is 0 Å². The van der Waals surface area contributed by atoms with Crippen LogP contribution in [-0.4, -0.2) is 22.6 Å². The molecule has 0 heterocycles. The van der Waals surface area contributed by atoms with E-state index < -0.39 is 28.0 Å². The van der Waals surface area contributed by atoms with Crippen LogP contribution in [0.25, 0.3) is 0 Å². The van der Waals surface area contributed by atoms with Crippen molar-refractivity contribution >= 4 is 11.7 Å². The van der Waals surface area contributed by atoms with E-state index in [9.17, 15) is 19.3 Å². The molecule has 0 unspecified atom stereocenters. The van der Waals surface area contributed by atoms with E-state index >= 15 is 0 Å². The van der Waals surface area contributed by atoms with Gasteiger partial charge in [0.1, 0.15) is 12.4 Å². The molecule has 0 aromatic heterocycles. The molecule has 0 saturated carbocycles. The first-order valence-electron chi connectivity index (χ1n) is 4.25. The summed E-state index contributed by atoms with van der Waals surface area (Å²) in [5.41, 5.74) is -1.40. The summed E-state index contributed by atoms with van der Waals surface area (Å²) >= 11 is 0. The van der Waals surface area contributed by atoms with Crippen LogP contribution in [-0.2, 0) is 0 Å². The fraction of sp³-hybridized carbons (Fsp3) is 0.100. The lowest BCUT2D eigenvalue weighted by atomic mass is 10.2. The zero-order chi connectivity index (χ0) is 13.0. The lowest BCUT2D eigenvalue weighted by Gasteiger charge is -2.05. The molecule has 0 spiro atoms. The lowest BCUT2D eigenvalue weighted by Crippen LogP contribution is -2.05. The molecule has 88 valence electrons. The average Bonchev–Trinajstić information content (AvgIpc) is 2.26. The topological polar surface area (TPSA) is 89.7 Å². The van der Waals surface area contributed by atoms with Crippen LogP contribution in [0.3, 0.4) is 0 Å². The molecule has 0 radical (unpaired) electrons. The first kappa shape index (κ1) is 12.4. The third kappa shape index (κ3) is 2.69. The first-order valence-corrected chi connectivity index (χ1v) is 4.25. The van der Waals surface area contributed by atoms with E-state index in [0.717, 1.165) is 6.07 Å². The highest BCUT2D eigenvalue weighted by atomic mass is 19.1. The molecule has 6 nitrogen and oxygen atoms in total. The highest BCUT2D eigenvalue weighted by molar-refractivity contribution is 5.89. The molecular weight excluding hydrogens is 233 g/mol. The number of nitrogens with zero attached hydrogens (tertiary/aromatic N) is 1. The Balaban J connectivity index is 3.32. The van der Waals surface area contributed by atoms with Gasteiger partial charge in [0.25, 0.3) is 0 Å². The largest absolute Gasteiger partial charge is 0.478 e. The maximum absolute atomic E-state index is 13.2. The van der Waals surface area contributed by atoms with Crippen LogP contribution in [0.2, 0.25) is 0 Å². The molecule has 1 aromatic carbocycles. The van der Waals surface area contributed by atoms with Crippen molar-refractivity contribution in [3.05, 3.63) is 33.6 Å². The summed E-state index contributed by atoms with van der Waals surface area (Å²) in [7, 11) is 0. The van der Waals surface area contributed by atoms with Crippen LogP contribution in [0.4, 0.5) is 10.1 Å². The van der Waals surface area contributed by atoms with Crippen molar-refractivity contribution in [1.82, 2.24) is 0 Å². The smallest absolute Gasteiger partial charge is 0.338 e. The molecule has 0 bridgehead atoms. The zero-order valence-corrected chi connectivity index (χ0v) is 8.34. The van der Waals surface area contributed by atoms with Crippen LogP contribution in [0.15, 0.2) is 12.1 Å². The van der Waals surface area contributed by atoms with Gasteiger partial charge in [-0.05, 0) is 0 Å². The van der Waals surface area contributed by atoms with Gasteiger partial charge in [-0.2, -0.15) is 0 Å². The molecule has 1 N–H and O–H groups in total. The maximum atomic E-state index is 13.2. The Kier molecular flexibility index (Phi) is 3.62. The van der Waals surface area contributed by atoms with Gasteiger partial charge in [0.2, 0.25) is 0 Å². The molecule has 0 amide bonds. The SMILES string of the molecule is C#CCOc1cc(C(=O)O)c(F)cc1[N+](=O)[O-]. The molecular formula is C10H6FNO5. The number of carboxylic acid groups (broad SMARTS) is 1. The van der Waals surface area contributed by atoms with Crippen LogP contribution >= 0.6 is 0 Å². The second kappa shape index (κ2) is 4.94. The minimum Gasteiger partial charge on any atom is -0.478 e. The van der Waals surface area contributed by atoms with Gasteiger partial charge >= 0.3 is 11.7 Å². The molecule has 1 aromatic rings. The number of benzene rings is 1. The summed E-state index contributed by atoms with van der Waals surface area (Å²) in [5.74, 6) is -1.09. The van der Waals surface area contributed by atoms with Gasteiger partial charge in [-0.15, -0.1) is 6.42 Å². The minimum absolute atomic E-state index is 0.286. The van der Waals surface area contributed by atoms with Crippen molar-refractivity contribution in [2.75, 3.05) is 6.61 Å². The highest BCUT2D eigenvalue weighted by Gasteiger charge is 2.22. The summed E-state index contributed by atoms with van der Waals surface area (Å²) in [6.07, 6.45) is 4.90. The second-order valence-electron chi connectivity index (χ2n) is 2.85. The van der Waals surface area contributed by atoms with Crippen molar-refractivity contribution < 1.29 is 24.0 Å². The van der Waals surface area contributed by atoms with Crippen molar-refractivity contribution in [3.8, 4) is 18.1 Å². The molecule has 0 atom stereocenters. The number of carboxylic acids is 1. The van der Waals surface area contributed by atoms with E-state index in [2.05, 4.69) is 5.92 Å². The van der Waals surface area contributed by atoms with E-state index in [-0.39, 0.29) is 12.4 Å². The number of terminal acetylenes is 1. The van der Waals surface area contributed by atoms with Crippen LogP contribution < -0.4 is 4.74 Å². The van der Waals surface area contributed by atoms with Gasteiger partial charge in [0.05, 0.1) is 16.6 Å². The van der Waals surface area contributed by atoms with Crippen LogP contribution in [0.5, 0.6) is 5.75 Å². The number of hydrogen-bond donors (Lipinski definition) is 1. The molecule has 17 heavy (non-hydrogen) atoms. The molecule has 0 saturated heterocycles. The van der Waals surface area contributed by atoms with E-state index in [1.807, 2.05) is 0 Å². The standard InChI is InChI=1S/C10H6FNO5/c1-2-3-17-9-4-6(10(13)14)7(11)5-8(9)12(15)16/h1,4-5H,3H2,(H,13,14). The van der Waals surface area contributed by atoms with E-state index in [4.69, 9.17) is 16.3 Å². The van der Waals surface area contributed by atoms with Gasteiger partial charge in [0, 0.05) is 6.07 Å². The van der Waals surface area contributed by atoms with Gasteiger partial charge in [0.15, 0.2) is 5.75 Å². The van der Waals surface area contributed by atoms with Crippen LogP contribution in [0.1, 0.15) is 10.4 Å². The summed E-state index contributed by atoms with van der Waals surface area (Å²) in [6.45, 7) is -0.286. The van der Waals surface area contributed by atoms with Gasteiger partial charge in [-0.3, -0.25) is 10.1 Å². The fourth-order valence-corrected chi connectivity index (χ4v) is 1.08. The Hall–Kier alpha value is -2.62. The third-order valence-electron chi connectivity index (χ3n) is 1.79. The number of halogens is 1. The summed E-state index contributed by atoms with van der Waals surface area (Å²) in [6, 6.07) is 1.21. The van der Waals surface area contributed by atoms with E-state index in [1.165, 1.54) is 0 Å². The minimum atomic E-state index is -1.55. The van der Waals surface area contributed by atoms with Gasteiger partial charge in [-0.1, -0.05) is 5.92 Å². The molecule has 7 heteroatoms. The van der Waals surface area contributed by atoms with Gasteiger partial charge in [-0.25, -0.2) is 9.18 Å². The third-order valence-corrected chi connectivity index (χ3v) is 1.79. The number of ether oxygens (including phenoxy) is 1. The van der Waals surface area contributed by atoms with E-state index in [0.29, 0.717) is 6.07 Å². The Bertz CT molecular complexity index is 520. The van der Waals surface area contributed by atoms with Crippen molar-refractivity contribution in [2.45, 2.75) is 0 Å². The quantitative estimate of drug-likeness (QED) is 0.487. The second-order valence-corrected chi connectivity index (χ2v) is 2.85. The van der Waals surface area contributed by atoms with Crippen molar-refractivity contribution in [1.29, 1.82) is 0 Å². The predicted molar refractivity (Wildman–Crippen MR) is 54.3 cm³/mol. The number of nitro benzene ring substituents is 1. The summed E-state index contributed by atoms with van der Waals surface area (Å²) in [5, 5.41) is 19.2. The highest BCUT2D eigenvalue weighted by Crippen LogP contribution is 2.30. The number of carbonyl (C=O) groups is 1. The Labute approximate surface area is 94.8 Å². The average molecular weight is 239 g/mol. The van der Waals surface area contributed by atoms with Gasteiger partial charge < -0.3 is 9.84 Å². The molecule has 0 aliphatic carbocycles. The number of nitro groups is 1. The molecule has 0 fully saturated rings. The normalized spacial score (nSPS) is 9.41. The van der Waals surface area contributed by atoms with Crippen LogP contribution in [0, 0.1) is 28.3 Å². The lowest BCUT2D eigenvalue weighted by molar-refractivity contribution is -0.386.